The van der Waals surface area contributed by atoms with E-state index in [1.54, 1.807) is 0 Å². The van der Waals surface area contributed by atoms with Crippen LogP contribution in [0.5, 0.6) is 5.75 Å². The third-order valence-corrected chi connectivity index (χ3v) is 3.54. The normalized spacial score (nSPS) is 10.9. The fourth-order valence-electron chi connectivity index (χ4n) is 1.58. The van der Waals surface area contributed by atoms with Crippen molar-refractivity contribution in [1.82, 2.24) is 0 Å². The number of hydrogen-bond donors (Lipinski definition) is 1. The molecule has 0 amide bonds. The highest BCUT2D eigenvalue weighted by molar-refractivity contribution is 7.14. The van der Waals surface area contributed by atoms with E-state index in [2.05, 4.69) is 20.8 Å². The Hall–Kier alpha value is -1.07. The topological polar surface area (TPSA) is 55.8 Å². The van der Waals surface area contributed by atoms with Crippen molar-refractivity contribution < 1.29 is 19.4 Å². The number of thiophene rings is 1. The molecule has 0 aliphatic heterocycles. The van der Waals surface area contributed by atoms with Gasteiger partial charge in [-0.3, -0.25) is 0 Å². The Balaban J connectivity index is 2.49. The molecule has 0 bridgehead atoms. The summed E-state index contributed by atoms with van der Waals surface area (Å²) >= 11 is 1.30. The Morgan fingerprint density at radius 3 is 2.74 bits per heavy atom. The van der Waals surface area contributed by atoms with Crippen molar-refractivity contribution in [3.8, 4) is 5.75 Å². The van der Waals surface area contributed by atoms with Crippen LogP contribution < -0.4 is 4.74 Å². The molecule has 5 heteroatoms. The van der Waals surface area contributed by atoms with Gasteiger partial charge in [0.1, 0.15) is 12.4 Å². The Morgan fingerprint density at radius 1 is 1.42 bits per heavy atom. The van der Waals surface area contributed by atoms with Crippen LogP contribution in [0, 0.1) is 5.92 Å². The van der Waals surface area contributed by atoms with Gasteiger partial charge in [-0.05, 0) is 18.4 Å². The minimum absolute atomic E-state index is 0.285. The average Bonchev–Trinajstić information content (AvgIpc) is 2.72. The summed E-state index contributed by atoms with van der Waals surface area (Å²) in [5.74, 6) is 0.0337. The first-order valence-electron chi connectivity index (χ1n) is 6.61. The van der Waals surface area contributed by atoms with Gasteiger partial charge in [-0.25, -0.2) is 4.79 Å². The predicted molar refractivity (Wildman–Crippen MR) is 76.4 cm³/mol. The summed E-state index contributed by atoms with van der Waals surface area (Å²) in [6.45, 7) is 7.80. The van der Waals surface area contributed by atoms with Gasteiger partial charge in [0.15, 0.2) is 4.88 Å². The van der Waals surface area contributed by atoms with Crippen LogP contribution in [0.1, 0.15) is 41.7 Å². The van der Waals surface area contributed by atoms with Gasteiger partial charge in [-0.1, -0.05) is 27.2 Å². The average molecular weight is 286 g/mol. The zero-order chi connectivity index (χ0) is 14.3. The molecule has 0 aliphatic carbocycles. The predicted octanol–water partition coefficient (Wildman–Crippen LogP) is 3.45. The molecule has 0 unspecified atom stereocenters. The van der Waals surface area contributed by atoms with Gasteiger partial charge in [-0.2, -0.15) is 0 Å². The number of carboxylic acid groups (broad SMARTS) is 1. The van der Waals surface area contributed by atoms with Gasteiger partial charge < -0.3 is 14.6 Å². The smallest absolute Gasteiger partial charge is 0.349 e. The molecule has 0 aliphatic rings. The zero-order valence-electron chi connectivity index (χ0n) is 11.8. The Morgan fingerprint density at radius 2 is 2.16 bits per heavy atom. The molecule has 1 aromatic heterocycles. The van der Waals surface area contributed by atoms with Crippen LogP contribution in [0.3, 0.4) is 0 Å². The van der Waals surface area contributed by atoms with Crippen molar-refractivity contribution in [1.29, 1.82) is 0 Å². The molecule has 0 saturated carbocycles. The summed E-state index contributed by atoms with van der Waals surface area (Å²) in [5, 5.41) is 9.12. The first-order chi connectivity index (χ1) is 9.04. The molecule has 19 heavy (non-hydrogen) atoms. The first-order valence-corrected chi connectivity index (χ1v) is 7.42. The summed E-state index contributed by atoms with van der Waals surface area (Å²) in [7, 11) is 0. The highest BCUT2D eigenvalue weighted by atomic mass is 32.1. The van der Waals surface area contributed by atoms with Crippen LogP contribution >= 0.6 is 11.3 Å². The second-order valence-electron chi connectivity index (χ2n) is 4.78. The lowest BCUT2D eigenvalue weighted by molar-refractivity contribution is 0.0684. The van der Waals surface area contributed by atoms with E-state index in [0.717, 1.165) is 17.7 Å². The van der Waals surface area contributed by atoms with Crippen molar-refractivity contribution >= 4 is 17.3 Å². The SMILES string of the molecule is CCCc1cc(OCCOCC(C)C)c(C(=O)O)s1. The lowest BCUT2D eigenvalue weighted by Gasteiger charge is -2.08. The van der Waals surface area contributed by atoms with Crippen LogP contribution in [-0.4, -0.2) is 30.9 Å². The Labute approximate surface area is 118 Å². The molecule has 1 N–H and O–H groups in total. The maximum Gasteiger partial charge on any atom is 0.349 e. The zero-order valence-corrected chi connectivity index (χ0v) is 12.6. The summed E-state index contributed by atoms with van der Waals surface area (Å²) in [6.07, 6.45) is 1.88. The highest BCUT2D eigenvalue weighted by Crippen LogP contribution is 2.30. The van der Waals surface area contributed by atoms with E-state index < -0.39 is 5.97 Å². The summed E-state index contributed by atoms with van der Waals surface area (Å²) in [6, 6.07) is 1.83. The quantitative estimate of drug-likeness (QED) is 0.706. The maximum absolute atomic E-state index is 11.1. The minimum Gasteiger partial charge on any atom is -0.489 e. The van der Waals surface area contributed by atoms with Crippen molar-refractivity contribution in [3.63, 3.8) is 0 Å². The lowest BCUT2D eigenvalue weighted by Crippen LogP contribution is -2.11. The van der Waals surface area contributed by atoms with Crippen LogP contribution in [0.4, 0.5) is 0 Å². The number of aryl methyl sites for hydroxylation is 1. The fourth-order valence-corrected chi connectivity index (χ4v) is 2.62. The molecular formula is C14H22O4S. The molecule has 0 aromatic carbocycles. The van der Waals surface area contributed by atoms with Gasteiger partial charge in [0, 0.05) is 11.5 Å². The molecule has 4 nitrogen and oxygen atoms in total. The summed E-state index contributed by atoms with van der Waals surface area (Å²) in [5.41, 5.74) is 0. The van der Waals surface area contributed by atoms with Gasteiger partial charge in [0.25, 0.3) is 0 Å². The van der Waals surface area contributed by atoms with E-state index in [1.165, 1.54) is 11.3 Å². The second kappa shape index (κ2) is 8.17. The van der Waals surface area contributed by atoms with Gasteiger partial charge >= 0.3 is 5.97 Å². The molecule has 1 heterocycles. The van der Waals surface area contributed by atoms with E-state index >= 15 is 0 Å². The third-order valence-electron chi connectivity index (χ3n) is 2.38. The molecule has 0 fully saturated rings. The van der Waals surface area contributed by atoms with E-state index in [1.807, 2.05) is 6.07 Å². The Kier molecular flexibility index (Phi) is 6.87. The van der Waals surface area contributed by atoms with Gasteiger partial charge in [-0.15, -0.1) is 11.3 Å². The molecule has 108 valence electrons. The van der Waals surface area contributed by atoms with Crippen molar-refractivity contribution in [2.45, 2.75) is 33.6 Å². The summed E-state index contributed by atoms with van der Waals surface area (Å²) in [4.78, 5) is 12.5. The number of carbonyl (C=O) groups is 1. The molecule has 1 rings (SSSR count). The summed E-state index contributed by atoms with van der Waals surface area (Å²) < 4.78 is 10.9. The molecule has 1 aromatic rings. The van der Waals surface area contributed by atoms with Crippen LogP contribution in [0.2, 0.25) is 0 Å². The molecular weight excluding hydrogens is 264 g/mol. The number of carboxylic acids is 1. The number of ether oxygens (including phenoxy) is 2. The number of hydrogen-bond acceptors (Lipinski definition) is 4. The van der Waals surface area contributed by atoms with Gasteiger partial charge in [0.2, 0.25) is 0 Å². The minimum atomic E-state index is -0.926. The fraction of sp³-hybridized carbons (Fsp3) is 0.643. The molecule has 0 spiro atoms. The van der Waals surface area contributed by atoms with Crippen molar-refractivity contribution in [3.05, 3.63) is 15.8 Å². The molecule has 0 atom stereocenters. The third kappa shape index (κ3) is 5.61. The largest absolute Gasteiger partial charge is 0.489 e. The molecule has 0 radical (unpaired) electrons. The number of aromatic carboxylic acids is 1. The van der Waals surface area contributed by atoms with Gasteiger partial charge in [0.05, 0.1) is 6.61 Å². The van der Waals surface area contributed by atoms with Crippen LogP contribution in [0.15, 0.2) is 6.07 Å². The van der Waals surface area contributed by atoms with E-state index in [-0.39, 0.29) is 4.88 Å². The van der Waals surface area contributed by atoms with E-state index in [0.29, 0.717) is 31.5 Å². The van der Waals surface area contributed by atoms with E-state index in [9.17, 15) is 4.79 Å². The van der Waals surface area contributed by atoms with Crippen LogP contribution in [-0.2, 0) is 11.2 Å². The first kappa shape index (κ1) is 16.0. The van der Waals surface area contributed by atoms with Crippen molar-refractivity contribution in [2.24, 2.45) is 5.92 Å². The lowest BCUT2D eigenvalue weighted by atomic mass is 10.2. The standard InChI is InChI=1S/C14H22O4S/c1-4-5-11-8-12(13(19-11)14(15)16)18-7-6-17-9-10(2)3/h8,10H,4-7,9H2,1-3H3,(H,15,16). The number of rotatable bonds is 9. The Bertz CT molecular complexity index is 398. The monoisotopic (exact) mass is 286 g/mol. The maximum atomic E-state index is 11.1. The molecule has 0 saturated heterocycles. The van der Waals surface area contributed by atoms with E-state index in [4.69, 9.17) is 14.6 Å². The van der Waals surface area contributed by atoms with Crippen molar-refractivity contribution in [2.75, 3.05) is 19.8 Å². The van der Waals surface area contributed by atoms with Crippen LogP contribution in [0.25, 0.3) is 0 Å². The second-order valence-corrected chi connectivity index (χ2v) is 5.92. The highest BCUT2D eigenvalue weighted by Gasteiger charge is 2.16.